The highest BCUT2D eigenvalue weighted by atomic mass is 19.1. The van der Waals surface area contributed by atoms with Crippen molar-refractivity contribution in [2.45, 2.75) is 33.2 Å². The van der Waals surface area contributed by atoms with Crippen molar-refractivity contribution in [1.29, 1.82) is 0 Å². The molecule has 0 aliphatic heterocycles. The lowest BCUT2D eigenvalue weighted by atomic mass is 10.0. The van der Waals surface area contributed by atoms with E-state index in [0.717, 1.165) is 12.3 Å². The van der Waals surface area contributed by atoms with Gasteiger partial charge in [0.25, 0.3) is 5.91 Å². The number of rotatable bonds is 7. The molecule has 1 atom stereocenters. The molecule has 1 aromatic rings. The van der Waals surface area contributed by atoms with E-state index < -0.39 is 23.7 Å². The fourth-order valence-corrected chi connectivity index (χ4v) is 2.19. The molecule has 1 rings (SSSR count). The summed E-state index contributed by atoms with van der Waals surface area (Å²) in [6.07, 6.45) is 2.81. The minimum atomic E-state index is -0.838. The monoisotopic (exact) mass is 377 g/mol. The molecule has 0 aliphatic rings. The minimum absolute atomic E-state index is 0.0496. The standard InChI is InChI=1S/C17H24FN7O2/c1-9(2)5-13(15(19)26)23-10(3)24-17(14(21-4)16(20)27)25-12-6-11(18)7-22-8-12/h6-9,13H,5H2,1-4H3,(H2,19,26)(H2,20,27)(H,23,24,25). The number of amides is 2. The van der Waals surface area contributed by atoms with E-state index in [1.165, 1.54) is 20.2 Å². The third-order valence-corrected chi connectivity index (χ3v) is 3.29. The van der Waals surface area contributed by atoms with E-state index in [9.17, 15) is 14.0 Å². The maximum Gasteiger partial charge on any atom is 0.270 e. The Kier molecular flexibility index (Phi) is 8.18. The lowest BCUT2D eigenvalue weighted by molar-refractivity contribution is -0.119. The fraction of sp³-hybridized carbons (Fsp3) is 0.412. The Morgan fingerprint density at radius 3 is 2.44 bits per heavy atom. The van der Waals surface area contributed by atoms with Gasteiger partial charge in [0.1, 0.15) is 17.7 Å². The summed E-state index contributed by atoms with van der Waals surface area (Å²) >= 11 is 0. The van der Waals surface area contributed by atoms with E-state index >= 15 is 0 Å². The van der Waals surface area contributed by atoms with Crippen LogP contribution >= 0.6 is 0 Å². The Balaban J connectivity index is 3.29. The minimum Gasteiger partial charge on any atom is -0.368 e. The van der Waals surface area contributed by atoms with Crippen LogP contribution in [-0.4, -0.2) is 47.3 Å². The van der Waals surface area contributed by atoms with Gasteiger partial charge < -0.3 is 16.8 Å². The summed E-state index contributed by atoms with van der Waals surface area (Å²) in [5.41, 5.74) is 10.8. The molecule has 1 aromatic heterocycles. The maximum atomic E-state index is 13.4. The van der Waals surface area contributed by atoms with Crippen LogP contribution in [0.3, 0.4) is 0 Å². The summed E-state index contributed by atoms with van der Waals surface area (Å²) in [6.45, 7) is 5.40. The van der Waals surface area contributed by atoms with E-state index in [-0.39, 0.29) is 29.0 Å². The summed E-state index contributed by atoms with van der Waals surface area (Å²) in [4.78, 5) is 39.2. The second kappa shape index (κ2) is 10.1. The molecule has 0 spiro atoms. The molecule has 0 aromatic carbocycles. The van der Waals surface area contributed by atoms with Gasteiger partial charge in [-0.2, -0.15) is 0 Å². The lowest BCUT2D eigenvalue weighted by Crippen LogP contribution is -2.36. The Hall–Kier alpha value is -3.17. The predicted molar refractivity (Wildman–Crippen MR) is 103 cm³/mol. The van der Waals surface area contributed by atoms with Crippen molar-refractivity contribution in [3.63, 3.8) is 0 Å². The third kappa shape index (κ3) is 7.30. The number of anilines is 1. The van der Waals surface area contributed by atoms with E-state index in [4.69, 9.17) is 11.5 Å². The molecular weight excluding hydrogens is 353 g/mol. The number of aromatic nitrogens is 1. The predicted octanol–water partition coefficient (Wildman–Crippen LogP) is 0.906. The van der Waals surface area contributed by atoms with Gasteiger partial charge in [-0.15, -0.1) is 0 Å². The zero-order chi connectivity index (χ0) is 20.6. The molecule has 1 unspecified atom stereocenters. The molecule has 5 N–H and O–H groups in total. The van der Waals surface area contributed by atoms with Crippen LogP contribution in [0.1, 0.15) is 27.2 Å². The van der Waals surface area contributed by atoms with Gasteiger partial charge in [0.2, 0.25) is 5.91 Å². The molecule has 0 bridgehead atoms. The van der Waals surface area contributed by atoms with Crippen molar-refractivity contribution in [2.75, 3.05) is 12.4 Å². The second-order valence-corrected chi connectivity index (χ2v) is 6.14. The smallest absolute Gasteiger partial charge is 0.270 e. The number of hydrogen-bond donors (Lipinski definition) is 3. The zero-order valence-electron chi connectivity index (χ0n) is 15.7. The van der Waals surface area contributed by atoms with Gasteiger partial charge in [-0.05, 0) is 19.3 Å². The SMILES string of the molecule is CN=C(C(N)=O)C(=NC(C)=NC(CC(C)C)C(N)=O)Nc1cncc(F)c1. The number of amidine groups is 2. The van der Waals surface area contributed by atoms with Crippen molar-refractivity contribution < 1.29 is 14.0 Å². The normalized spacial score (nSPS) is 14.2. The highest BCUT2D eigenvalue weighted by molar-refractivity contribution is 6.68. The highest BCUT2D eigenvalue weighted by Gasteiger charge is 2.18. The molecule has 0 saturated carbocycles. The number of hydrogen-bond acceptors (Lipinski definition) is 5. The van der Waals surface area contributed by atoms with Gasteiger partial charge in [0, 0.05) is 13.1 Å². The van der Waals surface area contributed by atoms with Crippen LogP contribution in [0.2, 0.25) is 0 Å². The first-order valence-corrected chi connectivity index (χ1v) is 8.21. The molecule has 9 nitrogen and oxygen atoms in total. The Morgan fingerprint density at radius 1 is 1.30 bits per heavy atom. The van der Waals surface area contributed by atoms with E-state index in [1.807, 2.05) is 13.8 Å². The fourth-order valence-electron chi connectivity index (χ4n) is 2.19. The van der Waals surface area contributed by atoms with E-state index in [2.05, 4.69) is 25.3 Å². The average Bonchev–Trinajstić information content (AvgIpc) is 2.53. The molecule has 2 amide bonds. The van der Waals surface area contributed by atoms with Crippen LogP contribution in [0.25, 0.3) is 0 Å². The van der Waals surface area contributed by atoms with Crippen LogP contribution in [-0.2, 0) is 9.59 Å². The number of primary amides is 2. The van der Waals surface area contributed by atoms with Crippen molar-refractivity contribution >= 4 is 34.9 Å². The number of carbonyl (C=O) groups excluding carboxylic acids is 2. The molecule has 10 heteroatoms. The van der Waals surface area contributed by atoms with Gasteiger partial charge >= 0.3 is 0 Å². The van der Waals surface area contributed by atoms with Crippen LogP contribution in [0.4, 0.5) is 10.1 Å². The molecule has 0 radical (unpaired) electrons. The lowest BCUT2D eigenvalue weighted by Gasteiger charge is -2.13. The number of aliphatic imine (C=N–C) groups is 3. The van der Waals surface area contributed by atoms with Crippen LogP contribution in [0.5, 0.6) is 0 Å². The van der Waals surface area contributed by atoms with Crippen LogP contribution < -0.4 is 16.8 Å². The number of halogens is 1. The van der Waals surface area contributed by atoms with Crippen molar-refractivity contribution in [3.05, 3.63) is 24.3 Å². The van der Waals surface area contributed by atoms with Crippen LogP contribution in [0, 0.1) is 11.7 Å². The number of nitrogens with one attached hydrogen (secondary N) is 1. The molecule has 0 aliphatic carbocycles. The van der Waals surface area contributed by atoms with Crippen molar-refractivity contribution in [3.8, 4) is 0 Å². The number of nitrogens with two attached hydrogens (primary N) is 2. The quantitative estimate of drug-likeness (QED) is 0.478. The Labute approximate surface area is 156 Å². The third-order valence-electron chi connectivity index (χ3n) is 3.29. The molecule has 1 heterocycles. The summed E-state index contributed by atoms with van der Waals surface area (Å²) in [5, 5.41) is 2.75. The van der Waals surface area contributed by atoms with Crippen molar-refractivity contribution in [2.24, 2.45) is 32.4 Å². The molecule has 27 heavy (non-hydrogen) atoms. The van der Waals surface area contributed by atoms with Gasteiger partial charge in [0.15, 0.2) is 11.5 Å². The topological polar surface area (TPSA) is 148 Å². The van der Waals surface area contributed by atoms with Crippen LogP contribution in [0.15, 0.2) is 33.4 Å². The first-order chi connectivity index (χ1) is 12.6. The number of pyridine rings is 1. The average molecular weight is 377 g/mol. The maximum absolute atomic E-state index is 13.4. The first-order valence-electron chi connectivity index (χ1n) is 8.21. The largest absolute Gasteiger partial charge is 0.368 e. The Morgan fingerprint density at radius 2 is 1.96 bits per heavy atom. The summed E-state index contributed by atoms with van der Waals surface area (Å²) in [6, 6.07) is 0.398. The summed E-state index contributed by atoms with van der Waals surface area (Å²) in [7, 11) is 1.36. The molecular formula is C17H24FN7O2. The Bertz CT molecular complexity index is 787. The van der Waals surface area contributed by atoms with E-state index in [0.29, 0.717) is 6.42 Å². The summed E-state index contributed by atoms with van der Waals surface area (Å²) < 4.78 is 13.4. The van der Waals surface area contributed by atoms with Gasteiger partial charge in [0.05, 0.1) is 18.1 Å². The van der Waals surface area contributed by atoms with Gasteiger partial charge in [-0.25, -0.2) is 9.38 Å². The first kappa shape index (κ1) is 21.9. The molecule has 0 saturated heterocycles. The zero-order valence-corrected chi connectivity index (χ0v) is 15.7. The molecule has 146 valence electrons. The second-order valence-electron chi connectivity index (χ2n) is 6.14. The number of carbonyl (C=O) groups is 2. The highest BCUT2D eigenvalue weighted by Crippen LogP contribution is 2.10. The van der Waals surface area contributed by atoms with Crippen molar-refractivity contribution in [1.82, 2.24) is 4.98 Å². The molecule has 0 fully saturated rings. The van der Waals surface area contributed by atoms with E-state index in [1.54, 1.807) is 0 Å². The van der Waals surface area contributed by atoms with Gasteiger partial charge in [-0.3, -0.25) is 24.6 Å². The number of nitrogens with zero attached hydrogens (tertiary/aromatic N) is 4. The van der Waals surface area contributed by atoms with Gasteiger partial charge in [-0.1, -0.05) is 13.8 Å². The summed E-state index contributed by atoms with van der Waals surface area (Å²) in [5.74, 6) is -1.68.